The van der Waals surface area contributed by atoms with Gasteiger partial charge in [0.25, 0.3) is 0 Å². The van der Waals surface area contributed by atoms with Gasteiger partial charge in [0.2, 0.25) is 0 Å². The zero-order valence-corrected chi connectivity index (χ0v) is 10.9. The second-order valence-corrected chi connectivity index (χ2v) is 0. The van der Waals surface area contributed by atoms with E-state index in [1.807, 2.05) is 27.7 Å². The molecule has 0 aliphatic rings. The topological polar surface area (TPSA) is 0 Å². The van der Waals surface area contributed by atoms with Gasteiger partial charge in [0.05, 0.1) is 0 Å². The summed E-state index contributed by atoms with van der Waals surface area (Å²) in [5.74, 6) is 0. The number of rotatable bonds is 0. The zero-order chi connectivity index (χ0) is 4.00. The van der Waals surface area contributed by atoms with Crippen molar-refractivity contribution in [3.63, 3.8) is 0 Å². The molecular weight excluding hydrogens is 168 g/mol. The molecule has 9 heavy (non-hydrogen) atoms. The molecule has 0 aliphatic heterocycles. The van der Waals surface area contributed by atoms with Gasteiger partial charge in [0.1, 0.15) is 0 Å². The van der Waals surface area contributed by atoms with Gasteiger partial charge in [-0.05, 0) is 0 Å². The van der Waals surface area contributed by atoms with Crippen LogP contribution >= 0.6 is 0 Å². The van der Waals surface area contributed by atoms with Crippen LogP contribution in [-0.4, -0.2) is 69.4 Å². The minimum absolute atomic E-state index is 0. The van der Waals surface area contributed by atoms with Gasteiger partial charge in [-0.3, -0.25) is 0 Å². The summed E-state index contributed by atoms with van der Waals surface area (Å²) in [7, 11) is 0. The van der Waals surface area contributed by atoms with Gasteiger partial charge in [-0.2, -0.15) is 0 Å². The Balaban J connectivity index is -0.00000000114. The molecule has 48 valence electrons. The highest BCUT2D eigenvalue weighted by Crippen LogP contribution is 1.15. The second kappa shape index (κ2) is 186. The van der Waals surface area contributed by atoms with Crippen LogP contribution in [0.25, 0.3) is 0 Å². The van der Waals surface area contributed by atoms with Gasteiger partial charge >= 0.3 is 0 Å². The van der Waals surface area contributed by atoms with Crippen LogP contribution in [0.4, 0.5) is 0 Å². The van der Waals surface area contributed by atoms with Crippen LogP contribution in [0.15, 0.2) is 0 Å². The second-order valence-electron chi connectivity index (χ2n) is 0. The van der Waals surface area contributed by atoms with E-state index in [1.165, 1.54) is 0 Å². The van der Waals surface area contributed by atoms with Crippen molar-refractivity contribution in [2.75, 3.05) is 0 Å². The van der Waals surface area contributed by atoms with E-state index >= 15 is 0 Å². The molecule has 0 rings (SSSR count). The summed E-state index contributed by atoms with van der Waals surface area (Å²) in [5, 5.41) is 0. The van der Waals surface area contributed by atoms with Crippen molar-refractivity contribution in [2.45, 2.75) is 35.1 Å². The Morgan fingerprint density at radius 3 is 0.444 bits per heavy atom. The van der Waals surface area contributed by atoms with Crippen molar-refractivity contribution in [2.24, 2.45) is 0 Å². The highest BCUT2D eigenvalue weighted by molar-refractivity contribution is 5.76. The average Bonchev–Trinajstić information content (AvgIpc) is 1.50. The van der Waals surface area contributed by atoms with E-state index in [0.717, 1.165) is 0 Å². The van der Waals surface area contributed by atoms with Crippen LogP contribution in [0.3, 0.4) is 0 Å². The molecule has 0 saturated heterocycles. The highest BCUT2D eigenvalue weighted by atomic mass is 27.0. The standard InChI is InChI=1S/2C2H6.CH4.4Al/c2*1-2;;;;;/h2*1-2H3;1H4;;;;. The first-order chi connectivity index (χ1) is 2.00. The van der Waals surface area contributed by atoms with Crippen LogP contribution in [0.2, 0.25) is 0 Å². The van der Waals surface area contributed by atoms with E-state index in [9.17, 15) is 0 Å². The zero-order valence-electron chi connectivity index (χ0n) is 6.31. The Labute approximate surface area is 104 Å². The van der Waals surface area contributed by atoms with Crippen molar-refractivity contribution in [3.8, 4) is 0 Å². The maximum absolute atomic E-state index is 2.00. The maximum Gasteiger partial charge on any atom is 0 e. The van der Waals surface area contributed by atoms with Gasteiger partial charge in [0, 0.05) is 69.4 Å². The van der Waals surface area contributed by atoms with Gasteiger partial charge in [0.15, 0.2) is 0 Å². The lowest BCUT2D eigenvalue weighted by atomic mass is 11.0. The van der Waals surface area contributed by atoms with Gasteiger partial charge < -0.3 is 0 Å². The van der Waals surface area contributed by atoms with Crippen molar-refractivity contribution < 1.29 is 0 Å². The number of hydrogen-bond donors (Lipinski definition) is 0. The molecule has 0 heterocycles. The molecule has 0 nitrogen and oxygen atoms in total. The normalized spacial score (nSPS) is 1.33. The van der Waals surface area contributed by atoms with E-state index in [4.69, 9.17) is 0 Å². The summed E-state index contributed by atoms with van der Waals surface area (Å²) in [6, 6.07) is 0. The molecule has 0 spiro atoms. The molecule has 0 atom stereocenters. The van der Waals surface area contributed by atoms with Crippen LogP contribution < -0.4 is 0 Å². The molecule has 4 heteroatoms. The molecule has 0 amide bonds. The Hall–Kier alpha value is 2.13. The van der Waals surface area contributed by atoms with Gasteiger partial charge in [-0.25, -0.2) is 0 Å². The molecule has 0 saturated carbocycles. The molecule has 0 fully saturated rings. The molecule has 0 N–H and O–H groups in total. The van der Waals surface area contributed by atoms with E-state index < -0.39 is 0 Å². The first kappa shape index (κ1) is 67.0. The van der Waals surface area contributed by atoms with Crippen LogP contribution in [-0.2, 0) is 0 Å². The SMILES string of the molecule is C.CC.CC.[Al].[Al].[Al].[Al]. The summed E-state index contributed by atoms with van der Waals surface area (Å²) in [4.78, 5) is 0. The Bertz CT molecular complexity index is 8.92. The molecular formula is C5H16Al4. The quantitative estimate of drug-likeness (QED) is 0.495. The van der Waals surface area contributed by atoms with Crippen molar-refractivity contribution in [1.29, 1.82) is 0 Å². The van der Waals surface area contributed by atoms with Crippen LogP contribution in [0, 0.1) is 0 Å². The molecule has 0 aromatic carbocycles. The summed E-state index contributed by atoms with van der Waals surface area (Å²) in [6.07, 6.45) is 0. The van der Waals surface area contributed by atoms with E-state index in [1.54, 1.807) is 0 Å². The molecule has 0 aromatic rings. The van der Waals surface area contributed by atoms with Crippen LogP contribution in [0.1, 0.15) is 35.1 Å². The minimum Gasteiger partial charge on any atom is -0.0776 e. The van der Waals surface area contributed by atoms with Crippen molar-refractivity contribution in [3.05, 3.63) is 0 Å². The van der Waals surface area contributed by atoms with Gasteiger partial charge in [-0.1, -0.05) is 35.1 Å². The molecule has 0 aromatic heterocycles. The number of hydrogen-bond acceptors (Lipinski definition) is 0. The first-order valence-electron chi connectivity index (χ1n) is 2.00. The van der Waals surface area contributed by atoms with E-state index in [2.05, 4.69) is 0 Å². The third-order valence-corrected chi connectivity index (χ3v) is 0. The van der Waals surface area contributed by atoms with Crippen molar-refractivity contribution >= 4 is 69.4 Å². The predicted octanol–water partition coefficient (Wildman–Crippen LogP) is 1.17. The molecule has 0 bridgehead atoms. The third-order valence-electron chi connectivity index (χ3n) is 0. The summed E-state index contributed by atoms with van der Waals surface area (Å²) in [6.45, 7) is 8.00. The fourth-order valence-corrected chi connectivity index (χ4v) is 0. The predicted molar refractivity (Wildman–Crippen MR) is 52.4 cm³/mol. The van der Waals surface area contributed by atoms with Crippen molar-refractivity contribution in [1.82, 2.24) is 0 Å². The Morgan fingerprint density at radius 1 is 0.444 bits per heavy atom. The third kappa shape index (κ3) is 148. The van der Waals surface area contributed by atoms with Crippen LogP contribution in [0.5, 0.6) is 0 Å². The molecule has 0 aliphatic carbocycles. The van der Waals surface area contributed by atoms with E-state index in [0.29, 0.717) is 0 Å². The first-order valence-corrected chi connectivity index (χ1v) is 2.00. The summed E-state index contributed by atoms with van der Waals surface area (Å²) >= 11 is 0. The lowest BCUT2D eigenvalue weighted by Crippen LogP contribution is -0.856. The minimum atomic E-state index is 0. The average molecular weight is 184 g/mol. The smallest absolute Gasteiger partial charge is 0 e. The summed E-state index contributed by atoms with van der Waals surface area (Å²) in [5.41, 5.74) is 0. The lowest BCUT2D eigenvalue weighted by Gasteiger charge is -1.07. The highest BCUT2D eigenvalue weighted by Gasteiger charge is 0.934. The molecule has 12 radical (unpaired) electrons. The summed E-state index contributed by atoms with van der Waals surface area (Å²) < 4.78 is 0. The fourth-order valence-electron chi connectivity index (χ4n) is 0. The Morgan fingerprint density at radius 2 is 0.444 bits per heavy atom. The fraction of sp³-hybridized carbons (Fsp3) is 1.00. The monoisotopic (exact) mass is 184 g/mol. The molecule has 0 unspecified atom stereocenters. The Kier molecular flexibility index (Phi) is 1380. The largest absolute Gasteiger partial charge is 0.0776 e. The van der Waals surface area contributed by atoms with E-state index in [-0.39, 0.29) is 76.9 Å². The lowest BCUT2D eigenvalue weighted by molar-refractivity contribution is 1.50. The maximum atomic E-state index is 2.00. The van der Waals surface area contributed by atoms with Gasteiger partial charge in [-0.15, -0.1) is 0 Å².